The van der Waals surface area contributed by atoms with E-state index in [1.807, 2.05) is 7.05 Å². The summed E-state index contributed by atoms with van der Waals surface area (Å²) in [7, 11) is 2.00. The lowest BCUT2D eigenvalue weighted by molar-refractivity contribution is 0.0734. The summed E-state index contributed by atoms with van der Waals surface area (Å²) in [5.74, 6) is 0.520. The fourth-order valence-electron chi connectivity index (χ4n) is 1.81. The number of benzene rings is 1. The fraction of sp³-hybridized carbons (Fsp3) is 0.571. The van der Waals surface area contributed by atoms with Gasteiger partial charge < -0.3 is 10.1 Å². The maximum atomic E-state index is 5.63. The van der Waals surface area contributed by atoms with Gasteiger partial charge in [0.1, 0.15) is 0 Å². The average Bonchev–Trinajstić information content (AvgIpc) is 2.29. The van der Waals surface area contributed by atoms with Crippen molar-refractivity contribution in [2.24, 2.45) is 0 Å². The minimum Gasteiger partial charge on any atom is -0.379 e. The SMILES string of the molecule is CNCC(CCOC(C)C)c1ccc(Br)cc1. The molecule has 0 aliphatic heterocycles. The van der Waals surface area contributed by atoms with Crippen LogP contribution < -0.4 is 5.32 Å². The van der Waals surface area contributed by atoms with E-state index in [0.717, 1.165) is 24.0 Å². The largest absolute Gasteiger partial charge is 0.379 e. The monoisotopic (exact) mass is 299 g/mol. The molecular weight excluding hydrogens is 278 g/mol. The lowest BCUT2D eigenvalue weighted by Gasteiger charge is -2.18. The number of ether oxygens (including phenoxy) is 1. The Hall–Kier alpha value is -0.380. The van der Waals surface area contributed by atoms with E-state index < -0.39 is 0 Å². The molecule has 1 atom stereocenters. The molecule has 0 radical (unpaired) electrons. The first kappa shape index (κ1) is 14.7. The molecule has 0 fully saturated rings. The Kier molecular flexibility index (Phi) is 6.78. The zero-order valence-corrected chi connectivity index (χ0v) is 12.5. The van der Waals surface area contributed by atoms with Crippen LogP contribution in [0.15, 0.2) is 28.7 Å². The smallest absolute Gasteiger partial charge is 0.0518 e. The molecule has 0 aliphatic rings. The van der Waals surface area contributed by atoms with Crippen LogP contribution in [0, 0.1) is 0 Å². The van der Waals surface area contributed by atoms with Gasteiger partial charge in [0, 0.05) is 17.6 Å². The number of nitrogens with one attached hydrogen (secondary N) is 1. The third-order valence-electron chi connectivity index (χ3n) is 2.71. The molecule has 1 N–H and O–H groups in total. The first-order valence-corrected chi connectivity index (χ1v) is 6.94. The van der Waals surface area contributed by atoms with Gasteiger partial charge in [-0.15, -0.1) is 0 Å². The Labute approximate surface area is 113 Å². The summed E-state index contributed by atoms with van der Waals surface area (Å²) in [6.45, 7) is 5.96. The van der Waals surface area contributed by atoms with Gasteiger partial charge in [-0.25, -0.2) is 0 Å². The van der Waals surface area contributed by atoms with Gasteiger partial charge in [0.25, 0.3) is 0 Å². The molecule has 0 bridgehead atoms. The fourth-order valence-corrected chi connectivity index (χ4v) is 2.08. The van der Waals surface area contributed by atoms with Crippen LogP contribution in [-0.4, -0.2) is 26.3 Å². The van der Waals surface area contributed by atoms with Gasteiger partial charge in [-0.05, 0) is 50.9 Å². The van der Waals surface area contributed by atoms with E-state index in [0.29, 0.717) is 12.0 Å². The van der Waals surface area contributed by atoms with Crippen LogP contribution in [0.2, 0.25) is 0 Å². The zero-order valence-electron chi connectivity index (χ0n) is 10.9. The van der Waals surface area contributed by atoms with E-state index in [2.05, 4.69) is 59.4 Å². The molecule has 17 heavy (non-hydrogen) atoms. The molecule has 1 aromatic carbocycles. The van der Waals surface area contributed by atoms with E-state index in [1.165, 1.54) is 5.56 Å². The number of hydrogen-bond donors (Lipinski definition) is 1. The molecule has 0 saturated heterocycles. The molecule has 0 heterocycles. The van der Waals surface area contributed by atoms with Gasteiger partial charge >= 0.3 is 0 Å². The van der Waals surface area contributed by atoms with E-state index in [1.54, 1.807) is 0 Å². The normalized spacial score (nSPS) is 13.0. The third-order valence-corrected chi connectivity index (χ3v) is 3.24. The number of halogens is 1. The van der Waals surface area contributed by atoms with E-state index >= 15 is 0 Å². The molecule has 2 nitrogen and oxygen atoms in total. The predicted octanol–water partition coefficient (Wildman–Crippen LogP) is 3.57. The highest BCUT2D eigenvalue weighted by Gasteiger charge is 2.10. The molecule has 0 spiro atoms. The summed E-state index contributed by atoms with van der Waals surface area (Å²) >= 11 is 3.46. The summed E-state index contributed by atoms with van der Waals surface area (Å²) < 4.78 is 6.75. The molecule has 0 aromatic heterocycles. The lowest BCUT2D eigenvalue weighted by Crippen LogP contribution is -2.19. The minimum absolute atomic E-state index is 0.315. The van der Waals surface area contributed by atoms with E-state index in [-0.39, 0.29) is 0 Å². The van der Waals surface area contributed by atoms with Crippen molar-refractivity contribution < 1.29 is 4.74 Å². The van der Waals surface area contributed by atoms with Gasteiger partial charge in [-0.1, -0.05) is 28.1 Å². The Bertz CT molecular complexity index is 311. The van der Waals surface area contributed by atoms with E-state index in [4.69, 9.17) is 4.74 Å². The van der Waals surface area contributed by atoms with Gasteiger partial charge in [-0.2, -0.15) is 0 Å². The van der Waals surface area contributed by atoms with Crippen LogP contribution in [0.3, 0.4) is 0 Å². The third kappa shape index (κ3) is 5.66. The maximum Gasteiger partial charge on any atom is 0.0518 e. The highest BCUT2D eigenvalue weighted by atomic mass is 79.9. The van der Waals surface area contributed by atoms with Crippen LogP contribution in [0.1, 0.15) is 31.7 Å². The highest BCUT2D eigenvalue weighted by Crippen LogP contribution is 2.21. The van der Waals surface area contributed by atoms with E-state index in [9.17, 15) is 0 Å². The van der Waals surface area contributed by atoms with Gasteiger partial charge in [0.2, 0.25) is 0 Å². The van der Waals surface area contributed by atoms with Crippen LogP contribution in [0.5, 0.6) is 0 Å². The Morgan fingerprint density at radius 2 is 1.88 bits per heavy atom. The quantitative estimate of drug-likeness (QED) is 0.831. The van der Waals surface area contributed by atoms with Crippen LogP contribution in [0.25, 0.3) is 0 Å². The molecule has 96 valence electrons. The first-order valence-electron chi connectivity index (χ1n) is 6.15. The van der Waals surface area contributed by atoms with Crippen LogP contribution in [0.4, 0.5) is 0 Å². The van der Waals surface area contributed by atoms with Crippen molar-refractivity contribution in [1.82, 2.24) is 5.32 Å². The van der Waals surface area contributed by atoms with Crippen LogP contribution >= 0.6 is 15.9 Å². The summed E-state index contributed by atoms with van der Waals surface area (Å²) in [5, 5.41) is 3.25. The summed E-state index contributed by atoms with van der Waals surface area (Å²) in [6, 6.07) is 8.56. The molecule has 0 aliphatic carbocycles. The van der Waals surface area contributed by atoms with Crippen molar-refractivity contribution in [2.75, 3.05) is 20.2 Å². The molecule has 3 heteroatoms. The average molecular weight is 300 g/mol. The summed E-state index contributed by atoms with van der Waals surface area (Å²) in [6.07, 6.45) is 1.37. The standard InChI is InChI=1S/C14H22BrNO/c1-11(2)17-9-8-13(10-16-3)12-4-6-14(15)7-5-12/h4-7,11,13,16H,8-10H2,1-3H3. The minimum atomic E-state index is 0.315. The molecule has 1 aromatic rings. The van der Waals surface area contributed by atoms with Crippen molar-refractivity contribution in [1.29, 1.82) is 0 Å². The van der Waals surface area contributed by atoms with Gasteiger partial charge in [0.15, 0.2) is 0 Å². The summed E-state index contributed by atoms with van der Waals surface area (Å²) in [5.41, 5.74) is 1.37. The second kappa shape index (κ2) is 7.85. The zero-order chi connectivity index (χ0) is 12.7. The number of rotatable bonds is 7. The predicted molar refractivity (Wildman–Crippen MR) is 76.5 cm³/mol. The van der Waals surface area contributed by atoms with Crippen molar-refractivity contribution in [3.8, 4) is 0 Å². The van der Waals surface area contributed by atoms with Crippen molar-refractivity contribution in [2.45, 2.75) is 32.3 Å². The van der Waals surface area contributed by atoms with Gasteiger partial charge in [0.05, 0.1) is 6.10 Å². The summed E-state index contributed by atoms with van der Waals surface area (Å²) in [4.78, 5) is 0. The molecule has 0 saturated carbocycles. The topological polar surface area (TPSA) is 21.3 Å². The van der Waals surface area contributed by atoms with Crippen molar-refractivity contribution >= 4 is 15.9 Å². The Balaban J connectivity index is 2.55. The molecule has 1 rings (SSSR count). The Morgan fingerprint density at radius 3 is 2.41 bits per heavy atom. The van der Waals surface area contributed by atoms with Crippen LogP contribution in [-0.2, 0) is 4.74 Å². The number of likely N-dealkylation sites (N-methyl/N-ethyl adjacent to an activating group) is 1. The molecular formula is C14H22BrNO. The van der Waals surface area contributed by atoms with Crippen molar-refractivity contribution in [3.05, 3.63) is 34.3 Å². The first-order chi connectivity index (χ1) is 8.13. The second-order valence-corrected chi connectivity index (χ2v) is 5.43. The Morgan fingerprint density at radius 1 is 1.24 bits per heavy atom. The molecule has 1 unspecified atom stereocenters. The lowest BCUT2D eigenvalue weighted by atomic mass is 9.96. The molecule has 0 amide bonds. The second-order valence-electron chi connectivity index (χ2n) is 4.51. The maximum absolute atomic E-state index is 5.63. The van der Waals surface area contributed by atoms with Crippen molar-refractivity contribution in [3.63, 3.8) is 0 Å². The van der Waals surface area contributed by atoms with Gasteiger partial charge in [-0.3, -0.25) is 0 Å². The number of hydrogen-bond acceptors (Lipinski definition) is 2. The highest BCUT2D eigenvalue weighted by molar-refractivity contribution is 9.10.